The SMILES string of the molecule is Cc1ccc([C@]2(C)NC(=O)N(CC(=O)N3C[C@H](O)C[C@H]3c3ccc(F)cc3)C2=O)cc1. The summed E-state index contributed by atoms with van der Waals surface area (Å²) in [5, 5.41) is 12.8. The van der Waals surface area contributed by atoms with Crippen LogP contribution in [0.1, 0.15) is 36.1 Å². The van der Waals surface area contributed by atoms with Crippen LogP contribution in [0.3, 0.4) is 0 Å². The maximum Gasteiger partial charge on any atom is 0.325 e. The maximum absolute atomic E-state index is 13.3. The minimum absolute atomic E-state index is 0.0831. The standard InChI is InChI=1S/C23H24FN3O4/c1-14-3-7-16(8-4-14)23(2)21(30)27(22(31)25-23)13-20(29)26-12-18(28)11-19(26)15-5-9-17(24)10-6-15/h3-10,18-19,28H,11-13H2,1-2H3,(H,25,31)/t18-,19+,23+/m1/s1. The van der Waals surface area contributed by atoms with Crippen molar-refractivity contribution >= 4 is 17.8 Å². The molecule has 0 bridgehead atoms. The Hall–Kier alpha value is -3.26. The van der Waals surface area contributed by atoms with Gasteiger partial charge in [0.15, 0.2) is 0 Å². The normalized spacial score (nSPS) is 25.8. The van der Waals surface area contributed by atoms with Crippen molar-refractivity contribution in [3.8, 4) is 0 Å². The van der Waals surface area contributed by atoms with E-state index >= 15 is 0 Å². The highest BCUT2D eigenvalue weighted by Gasteiger charge is 2.50. The Balaban J connectivity index is 1.53. The summed E-state index contributed by atoms with van der Waals surface area (Å²) in [5.74, 6) is -1.36. The minimum Gasteiger partial charge on any atom is -0.391 e. The number of carbonyl (C=O) groups is 3. The first-order chi connectivity index (χ1) is 14.7. The molecule has 4 rings (SSSR count). The number of amides is 4. The van der Waals surface area contributed by atoms with Crippen molar-refractivity contribution < 1.29 is 23.9 Å². The summed E-state index contributed by atoms with van der Waals surface area (Å²) >= 11 is 0. The average Bonchev–Trinajstić information content (AvgIpc) is 3.22. The average molecular weight is 425 g/mol. The first kappa shape index (κ1) is 21.0. The van der Waals surface area contributed by atoms with Gasteiger partial charge in [-0.3, -0.25) is 14.5 Å². The number of aryl methyl sites for hydroxylation is 1. The number of urea groups is 1. The highest BCUT2D eigenvalue weighted by Crippen LogP contribution is 2.33. The van der Waals surface area contributed by atoms with Gasteiger partial charge in [-0.15, -0.1) is 0 Å². The first-order valence-corrected chi connectivity index (χ1v) is 10.1. The predicted octanol–water partition coefficient (Wildman–Crippen LogP) is 2.24. The van der Waals surface area contributed by atoms with Gasteiger partial charge in [0.05, 0.1) is 12.1 Å². The molecule has 0 aromatic heterocycles. The number of nitrogens with zero attached hydrogens (tertiary/aromatic N) is 2. The van der Waals surface area contributed by atoms with Crippen molar-refractivity contribution in [2.24, 2.45) is 0 Å². The zero-order valence-electron chi connectivity index (χ0n) is 17.3. The van der Waals surface area contributed by atoms with Crippen LogP contribution in [-0.2, 0) is 15.1 Å². The first-order valence-electron chi connectivity index (χ1n) is 10.1. The van der Waals surface area contributed by atoms with E-state index in [2.05, 4.69) is 5.32 Å². The number of carbonyl (C=O) groups excluding carboxylic acids is 3. The number of likely N-dealkylation sites (tertiary alicyclic amines) is 1. The molecule has 0 aliphatic carbocycles. The van der Waals surface area contributed by atoms with Gasteiger partial charge < -0.3 is 15.3 Å². The van der Waals surface area contributed by atoms with Crippen molar-refractivity contribution in [2.45, 2.75) is 38.0 Å². The predicted molar refractivity (Wildman–Crippen MR) is 110 cm³/mol. The van der Waals surface area contributed by atoms with Crippen LogP contribution in [0.4, 0.5) is 9.18 Å². The summed E-state index contributed by atoms with van der Waals surface area (Å²) in [7, 11) is 0. The number of hydrogen-bond acceptors (Lipinski definition) is 4. The Bertz CT molecular complexity index is 1020. The van der Waals surface area contributed by atoms with Crippen molar-refractivity contribution in [2.75, 3.05) is 13.1 Å². The Morgan fingerprint density at radius 1 is 1.16 bits per heavy atom. The van der Waals surface area contributed by atoms with E-state index in [0.29, 0.717) is 17.5 Å². The lowest BCUT2D eigenvalue weighted by Crippen LogP contribution is -2.44. The van der Waals surface area contributed by atoms with Gasteiger partial charge in [0.2, 0.25) is 5.91 Å². The lowest BCUT2D eigenvalue weighted by Gasteiger charge is -2.27. The summed E-state index contributed by atoms with van der Waals surface area (Å²) in [4.78, 5) is 41.1. The molecule has 8 heteroatoms. The van der Waals surface area contributed by atoms with E-state index in [9.17, 15) is 23.9 Å². The molecule has 7 nitrogen and oxygen atoms in total. The van der Waals surface area contributed by atoms with Crippen LogP contribution in [0.25, 0.3) is 0 Å². The number of rotatable bonds is 4. The van der Waals surface area contributed by atoms with Crippen LogP contribution in [0.5, 0.6) is 0 Å². The number of benzene rings is 2. The molecule has 162 valence electrons. The zero-order valence-corrected chi connectivity index (χ0v) is 17.3. The summed E-state index contributed by atoms with van der Waals surface area (Å²) in [6, 6.07) is 11.9. The van der Waals surface area contributed by atoms with E-state index in [1.54, 1.807) is 31.2 Å². The third kappa shape index (κ3) is 3.79. The molecule has 2 heterocycles. The number of aliphatic hydroxyl groups excluding tert-OH is 1. The van der Waals surface area contributed by atoms with Gasteiger partial charge >= 0.3 is 6.03 Å². The lowest BCUT2D eigenvalue weighted by atomic mass is 9.91. The van der Waals surface area contributed by atoms with Crippen molar-refractivity contribution in [3.63, 3.8) is 0 Å². The van der Waals surface area contributed by atoms with Crippen molar-refractivity contribution in [3.05, 3.63) is 71.0 Å². The molecule has 2 saturated heterocycles. The smallest absolute Gasteiger partial charge is 0.325 e. The molecular formula is C23H24FN3O4. The minimum atomic E-state index is -1.26. The van der Waals surface area contributed by atoms with E-state index in [1.165, 1.54) is 17.0 Å². The van der Waals surface area contributed by atoms with Crippen molar-refractivity contribution in [1.82, 2.24) is 15.1 Å². The molecule has 2 N–H and O–H groups in total. The lowest BCUT2D eigenvalue weighted by molar-refractivity contribution is -0.139. The summed E-state index contributed by atoms with van der Waals surface area (Å²) in [5.41, 5.74) is 1.09. The molecule has 0 radical (unpaired) electrons. The molecule has 2 aromatic rings. The molecule has 4 amide bonds. The van der Waals surface area contributed by atoms with Crippen LogP contribution < -0.4 is 5.32 Å². The Morgan fingerprint density at radius 3 is 2.45 bits per heavy atom. The van der Waals surface area contributed by atoms with Crippen LogP contribution >= 0.6 is 0 Å². The second kappa shape index (κ2) is 7.77. The van der Waals surface area contributed by atoms with E-state index in [1.807, 2.05) is 19.1 Å². The van der Waals surface area contributed by atoms with E-state index < -0.39 is 47.9 Å². The molecule has 2 fully saturated rings. The molecule has 2 aliphatic heterocycles. The van der Waals surface area contributed by atoms with Gasteiger partial charge in [0.25, 0.3) is 5.91 Å². The molecule has 0 unspecified atom stereocenters. The number of hydrogen-bond donors (Lipinski definition) is 2. The van der Waals surface area contributed by atoms with E-state index in [4.69, 9.17) is 0 Å². The van der Waals surface area contributed by atoms with Gasteiger partial charge in [0.1, 0.15) is 17.9 Å². The molecule has 0 saturated carbocycles. The topological polar surface area (TPSA) is 90.0 Å². The van der Waals surface area contributed by atoms with Crippen LogP contribution in [-0.4, -0.2) is 51.9 Å². The third-order valence-electron chi connectivity index (χ3n) is 6.05. The second-order valence-corrected chi connectivity index (χ2v) is 8.32. The number of imide groups is 1. The number of aliphatic hydroxyl groups is 1. The van der Waals surface area contributed by atoms with Gasteiger partial charge in [-0.25, -0.2) is 9.18 Å². The number of β-amino-alcohol motifs (C(OH)–C–C–N with tert-alkyl or cyclic N) is 1. The third-order valence-corrected chi connectivity index (χ3v) is 6.05. The van der Waals surface area contributed by atoms with Crippen LogP contribution in [0, 0.1) is 12.7 Å². The zero-order chi connectivity index (χ0) is 22.3. The van der Waals surface area contributed by atoms with Crippen LogP contribution in [0.15, 0.2) is 48.5 Å². The fraction of sp³-hybridized carbons (Fsp3) is 0.348. The highest BCUT2D eigenvalue weighted by molar-refractivity contribution is 6.09. The fourth-order valence-electron chi connectivity index (χ4n) is 4.24. The van der Waals surface area contributed by atoms with E-state index in [0.717, 1.165) is 10.5 Å². The molecule has 31 heavy (non-hydrogen) atoms. The second-order valence-electron chi connectivity index (χ2n) is 8.32. The largest absolute Gasteiger partial charge is 0.391 e. The fourth-order valence-corrected chi connectivity index (χ4v) is 4.24. The van der Waals surface area contributed by atoms with Gasteiger partial charge in [-0.1, -0.05) is 42.0 Å². The molecule has 2 aromatic carbocycles. The summed E-state index contributed by atoms with van der Waals surface area (Å²) < 4.78 is 13.3. The summed E-state index contributed by atoms with van der Waals surface area (Å²) in [6.07, 6.45) is -0.432. The quantitative estimate of drug-likeness (QED) is 0.736. The molecular weight excluding hydrogens is 401 g/mol. The van der Waals surface area contributed by atoms with Crippen LogP contribution in [0.2, 0.25) is 0 Å². The Morgan fingerprint density at radius 2 is 1.81 bits per heavy atom. The molecule has 2 aliphatic rings. The molecule has 0 spiro atoms. The summed E-state index contributed by atoms with van der Waals surface area (Å²) in [6.45, 7) is 3.19. The van der Waals surface area contributed by atoms with Gasteiger partial charge in [-0.05, 0) is 43.5 Å². The Labute approximate surface area is 179 Å². The van der Waals surface area contributed by atoms with Gasteiger partial charge in [-0.2, -0.15) is 0 Å². The number of nitrogens with one attached hydrogen (secondary N) is 1. The monoisotopic (exact) mass is 425 g/mol. The number of halogens is 1. The highest BCUT2D eigenvalue weighted by atomic mass is 19.1. The van der Waals surface area contributed by atoms with Gasteiger partial charge in [0, 0.05) is 6.54 Å². The van der Waals surface area contributed by atoms with E-state index in [-0.39, 0.29) is 6.54 Å². The maximum atomic E-state index is 13.3. The Kier molecular flexibility index (Phi) is 5.26. The molecule has 3 atom stereocenters. The van der Waals surface area contributed by atoms with Crippen molar-refractivity contribution in [1.29, 1.82) is 0 Å².